The van der Waals surface area contributed by atoms with Gasteiger partial charge in [-0.2, -0.15) is 0 Å². The Morgan fingerprint density at radius 3 is 2.05 bits per heavy atom. The summed E-state index contributed by atoms with van der Waals surface area (Å²) < 4.78 is 41.6. The molecule has 0 unspecified atom stereocenters. The molecule has 0 atom stereocenters. The van der Waals surface area contributed by atoms with Gasteiger partial charge in [-0.3, -0.25) is 0 Å². The zero-order valence-corrected chi connectivity index (χ0v) is 16.2. The van der Waals surface area contributed by atoms with Gasteiger partial charge in [-0.05, 0) is 18.9 Å². The standard InChI is InChI=1S/C13H24FNO3S2Si/c1-12(2,3)21(6,7)15-20(17,18)11-10(14)9(8-19-11)13(4,5)16/h8,15-16H,1-7H3. The summed E-state index contributed by atoms with van der Waals surface area (Å²) in [5, 5.41) is 11.0. The first-order valence-corrected chi connectivity index (χ1v) is 12.0. The first-order valence-electron chi connectivity index (χ1n) is 6.63. The predicted octanol–water partition coefficient (Wildman–Crippen LogP) is 3.40. The van der Waals surface area contributed by atoms with Crippen LogP contribution >= 0.6 is 11.3 Å². The fourth-order valence-corrected chi connectivity index (χ4v) is 7.94. The van der Waals surface area contributed by atoms with Crippen molar-refractivity contribution in [2.75, 3.05) is 0 Å². The largest absolute Gasteiger partial charge is 0.386 e. The predicted molar refractivity (Wildman–Crippen MR) is 87.0 cm³/mol. The molecule has 0 aromatic carbocycles. The maximum Gasteiger partial charge on any atom is 0.247 e. The van der Waals surface area contributed by atoms with E-state index in [1.54, 1.807) is 0 Å². The molecule has 1 heterocycles. The molecule has 0 aliphatic carbocycles. The average molecular weight is 354 g/mol. The lowest BCUT2D eigenvalue weighted by Crippen LogP contribution is -2.54. The lowest BCUT2D eigenvalue weighted by atomic mass is 10.0. The zero-order valence-electron chi connectivity index (χ0n) is 13.5. The van der Waals surface area contributed by atoms with Gasteiger partial charge in [0.05, 0.1) is 5.60 Å². The molecule has 0 aliphatic heterocycles. The van der Waals surface area contributed by atoms with Gasteiger partial charge in [-0.1, -0.05) is 33.9 Å². The highest BCUT2D eigenvalue weighted by Gasteiger charge is 2.41. The molecular formula is C13H24FNO3S2Si. The number of nitrogens with one attached hydrogen (secondary N) is 1. The Kier molecular flexibility index (Phi) is 4.84. The second-order valence-corrected chi connectivity index (χ2v) is 15.4. The van der Waals surface area contributed by atoms with Crippen LogP contribution in [0.25, 0.3) is 0 Å². The number of halogens is 1. The SMILES string of the molecule is CC(C)(O)c1csc(S(=O)(=O)N[Si](C)(C)C(C)(C)C)c1F. The summed E-state index contributed by atoms with van der Waals surface area (Å²) in [4.78, 5) is 0. The Bertz CT molecular complexity index is 625. The molecule has 122 valence electrons. The molecule has 21 heavy (non-hydrogen) atoms. The molecule has 0 saturated carbocycles. The Morgan fingerprint density at radius 2 is 1.71 bits per heavy atom. The van der Waals surface area contributed by atoms with E-state index in [1.165, 1.54) is 19.2 Å². The molecule has 0 aliphatic rings. The van der Waals surface area contributed by atoms with Gasteiger partial charge in [0.1, 0.15) is 8.24 Å². The number of hydrogen-bond donors (Lipinski definition) is 2. The lowest BCUT2D eigenvalue weighted by molar-refractivity contribution is 0.0748. The molecule has 1 aromatic rings. The Hall–Kier alpha value is -0.283. The van der Waals surface area contributed by atoms with Crippen molar-refractivity contribution in [3.63, 3.8) is 0 Å². The zero-order chi connectivity index (χ0) is 16.9. The van der Waals surface area contributed by atoms with Gasteiger partial charge in [0, 0.05) is 10.9 Å². The molecule has 0 fully saturated rings. The molecular weight excluding hydrogens is 329 g/mol. The third kappa shape index (κ3) is 3.92. The maximum atomic E-state index is 14.3. The first-order chi connectivity index (χ1) is 9.09. The van der Waals surface area contributed by atoms with E-state index < -0.39 is 29.7 Å². The molecule has 1 rings (SSSR count). The summed E-state index contributed by atoms with van der Waals surface area (Å²) in [7, 11) is -6.27. The Morgan fingerprint density at radius 1 is 1.24 bits per heavy atom. The van der Waals surface area contributed by atoms with Crippen LogP contribution in [0.3, 0.4) is 0 Å². The van der Waals surface area contributed by atoms with E-state index in [0.717, 1.165) is 11.3 Å². The van der Waals surface area contributed by atoms with Crippen LogP contribution in [-0.2, 0) is 15.6 Å². The third-order valence-electron chi connectivity index (χ3n) is 3.87. The summed E-state index contributed by atoms with van der Waals surface area (Å²) >= 11 is 0.798. The van der Waals surface area contributed by atoms with Gasteiger partial charge in [0.2, 0.25) is 10.0 Å². The minimum atomic E-state index is -3.93. The summed E-state index contributed by atoms with van der Waals surface area (Å²) in [5.41, 5.74) is -1.41. The smallest absolute Gasteiger partial charge is 0.247 e. The van der Waals surface area contributed by atoms with Crippen molar-refractivity contribution in [2.45, 2.75) is 62.6 Å². The van der Waals surface area contributed by atoms with Crippen LogP contribution in [-0.4, -0.2) is 21.8 Å². The molecule has 4 nitrogen and oxygen atoms in total. The van der Waals surface area contributed by atoms with E-state index in [2.05, 4.69) is 4.39 Å². The molecule has 0 radical (unpaired) electrons. The maximum absolute atomic E-state index is 14.3. The van der Waals surface area contributed by atoms with Crippen molar-refractivity contribution < 1.29 is 17.9 Å². The van der Waals surface area contributed by atoms with E-state index in [0.29, 0.717) is 0 Å². The molecule has 0 bridgehead atoms. The van der Waals surface area contributed by atoms with E-state index in [4.69, 9.17) is 0 Å². The lowest BCUT2D eigenvalue weighted by Gasteiger charge is -2.36. The Balaban J connectivity index is 3.26. The van der Waals surface area contributed by atoms with Crippen LogP contribution in [0.5, 0.6) is 0 Å². The Labute approximate surface area is 131 Å². The van der Waals surface area contributed by atoms with Crippen molar-refractivity contribution in [3.8, 4) is 0 Å². The number of hydrogen-bond acceptors (Lipinski definition) is 4. The van der Waals surface area contributed by atoms with E-state index >= 15 is 0 Å². The minimum absolute atomic E-state index is 0.00288. The van der Waals surface area contributed by atoms with E-state index in [-0.39, 0.29) is 14.8 Å². The normalized spacial score (nSPS) is 14.5. The summed E-state index contributed by atoms with van der Waals surface area (Å²) in [6, 6.07) is 0. The van der Waals surface area contributed by atoms with Crippen molar-refractivity contribution >= 4 is 29.6 Å². The van der Waals surface area contributed by atoms with Crippen molar-refractivity contribution in [1.82, 2.24) is 4.39 Å². The highest BCUT2D eigenvalue weighted by Crippen LogP contribution is 2.37. The van der Waals surface area contributed by atoms with Crippen LogP contribution in [0.1, 0.15) is 40.2 Å². The highest BCUT2D eigenvalue weighted by molar-refractivity contribution is 7.93. The quantitative estimate of drug-likeness (QED) is 0.815. The van der Waals surface area contributed by atoms with Crippen LogP contribution in [0.15, 0.2) is 9.59 Å². The van der Waals surface area contributed by atoms with Crippen molar-refractivity contribution in [3.05, 3.63) is 16.8 Å². The summed E-state index contributed by atoms with van der Waals surface area (Å²) in [6.07, 6.45) is 0. The van der Waals surface area contributed by atoms with Gasteiger partial charge in [-0.25, -0.2) is 17.2 Å². The summed E-state index contributed by atoms with van der Waals surface area (Å²) in [6.45, 7) is 12.5. The topological polar surface area (TPSA) is 66.4 Å². The second-order valence-electron chi connectivity index (χ2n) is 7.29. The van der Waals surface area contributed by atoms with E-state index in [1.807, 2.05) is 33.9 Å². The molecule has 0 saturated heterocycles. The molecule has 8 heteroatoms. The fourth-order valence-electron chi connectivity index (χ4n) is 1.46. The molecule has 2 N–H and O–H groups in total. The summed E-state index contributed by atoms with van der Waals surface area (Å²) in [5.74, 6) is -0.862. The fraction of sp³-hybridized carbons (Fsp3) is 0.692. The third-order valence-corrected chi connectivity index (χ3v) is 13.1. The second kappa shape index (κ2) is 5.41. The molecule has 0 amide bonds. The monoisotopic (exact) mass is 353 g/mol. The van der Waals surface area contributed by atoms with Crippen LogP contribution in [0, 0.1) is 5.82 Å². The minimum Gasteiger partial charge on any atom is -0.386 e. The first kappa shape index (κ1) is 18.8. The van der Waals surface area contributed by atoms with E-state index in [9.17, 15) is 17.9 Å². The van der Waals surface area contributed by atoms with Crippen LogP contribution < -0.4 is 4.39 Å². The number of sulfonamides is 1. The highest BCUT2D eigenvalue weighted by atomic mass is 32.2. The van der Waals surface area contributed by atoms with Gasteiger partial charge in [0.15, 0.2) is 10.0 Å². The van der Waals surface area contributed by atoms with Crippen molar-refractivity contribution in [1.29, 1.82) is 0 Å². The molecule has 1 aromatic heterocycles. The number of thiophene rings is 1. The van der Waals surface area contributed by atoms with Crippen LogP contribution in [0.2, 0.25) is 18.1 Å². The number of rotatable bonds is 4. The van der Waals surface area contributed by atoms with Crippen LogP contribution in [0.4, 0.5) is 4.39 Å². The van der Waals surface area contributed by atoms with Crippen molar-refractivity contribution in [2.24, 2.45) is 0 Å². The average Bonchev–Trinajstić information content (AvgIpc) is 2.56. The number of aliphatic hydroxyl groups is 1. The molecule has 0 spiro atoms. The van der Waals surface area contributed by atoms with Gasteiger partial charge in [-0.15, -0.1) is 11.3 Å². The van der Waals surface area contributed by atoms with Gasteiger partial charge < -0.3 is 5.11 Å². The van der Waals surface area contributed by atoms with Gasteiger partial charge >= 0.3 is 0 Å². The van der Waals surface area contributed by atoms with Gasteiger partial charge in [0.25, 0.3) is 0 Å².